The first kappa shape index (κ1) is 99.7. The summed E-state index contributed by atoms with van der Waals surface area (Å²) >= 11 is 9.72. The van der Waals surface area contributed by atoms with Gasteiger partial charge in [-0.3, -0.25) is 0 Å². The molecule has 70 heavy (non-hydrogen) atoms. The smallest absolute Gasteiger partial charge is 0.412 e. The van der Waals surface area contributed by atoms with Gasteiger partial charge in [0.25, 0.3) is 0 Å². The van der Waals surface area contributed by atoms with Gasteiger partial charge in [-0.2, -0.15) is 0 Å². The topological polar surface area (TPSA) is 650 Å². The minimum Gasteiger partial charge on any atom is -0.412 e. The van der Waals surface area contributed by atoms with Crippen molar-refractivity contribution in [2.75, 3.05) is 0 Å². The monoisotopic (exact) mass is 1580 g/mol. The minimum absolute atomic E-state index is 0. The van der Waals surface area contributed by atoms with E-state index in [1.54, 1.807) is 68.0 Å². The number of halogens is 4. The van der Waals surface area contributed by atoms with Crippen molar-refractivity contribution in [2.24, 2.45) is 0 Å². The molecule has 6 heterocycles. The Morgan fingerprint density at radius 1 is 0.200 bits per heavy atom. The average Bonchev–Trinajstić information content (AvgIpc) is 3.91. The maximum atomic E-state index is 8.49. The third-order valence-corrected chi connectivity index (χ3v) is 8.29. The van der Waals surface area contributed by atoms with Crippen LogP contribution in [0.3, 0.4) is 0 Å². The molecular formula is C24H44Ag4Cl4N12O20S6. The van der Waals surface area contributed by atoms with Crippen LogP contribution >= 0.6 is 68.0 Å². The fourth-order valence-corrected chi connectivity index (χ4v) is 5.92. The van der Waals surface area contributed by atoms with E-state index in [1.165, 1.54) is 0 Å². The van der Waals surface area contributed by atoms with Crippen molar-refractivity contribution < 1.29 is 227 Å². The van der Waals surface area contributed by atoms with Gasteiger partial charge in [0.15, 0.2) is 0 Å². The van der Waals surface area contributed by atoms with Crippen molar-refractivity contribution in [3.63, 3.8) is 0 Å². The number of rotatable bonds is 0. The van der Waals surface area contributed by atoms with E-state index < -0.39 is 41.0 Å². The quantitative estimate of drug-likeness (QED) is 0.127. The van der Waals surface area contributed by atoms with Gasteiger partial charge >= 0.3 is 89.5 Å². The van der Waals surface area contributed by atoms with Crippen molar-refractivity contribution in [2.45, 2.75) is 83.1 Å². The van der Waals surface area contributed by atoms with Crippen LogP contribution in [0.2, 0.25) is 0 Å². The molecule has 0 bridgehead atoms. The Balaban J connectivity index is -0.0000000529. The van der Waals surface area contributed by atoms with Gasteiger partial charge in [0.05, 0.1) is 0 Å². The van der Waals surface area contributed by atoms with Crippen LogP contribution in [0.1, 0.15) is 60.1 Å². The first-order valence-electron chi connectivity index (χ1n) is 14.8. The Labute approximate surface area is 493 Å². The molecule has 0 aliphatic carbocycles. The van der Waals surface area contributed by atoms with E-state index in [0.29, 0.717) is 0 Å². The third kappa shape index (κ3) is 105. The van der Waals surface area contributed by atoms with Gasteiger partial charge in [0.1, 0.15) is 60.1 Å². The largest absolute Gasteiger partial charge is 1.00 e. The molecule has 0 radical (unpaired) electrons. The molecule has 0 atom stereocenters. The van der Waals surface area contributed by atoms with E-state index >= 15 is 0 Å². The predicted molar refractivity (Wildman–Crippen MR) is 191 cm³/mol. The van der Waals surface area contributed by atoms with E-state index in [-0.39, 0.29) is 111 Å². The summed E-state index contributed by atoms with van der Waals surface area (Å²) in [6.45, 7) is 23.4. The van der Waals surface area contributed by atoms with Crippen molar-refractivity contribution in [1.29, 1.82) is 0 Å². The molecule has 46 heteroatoms. The van der Waals surface area contributed by atoms with Crippen LogP contribution in [-0.4, -0.2) is 83.1 Å². The SMILES string of the molecule is Cc1nnc(C)s1.Cc1nnc(C)s1.Cc1nnc(C)s1.Cc1nnc(C)s1.Cc1nnc(C)s1.Cc1nnc(C)s1.O.O.O.O.[Ag+].[Ag+].[Ag+].[Ag+].[O-][Cl+3]([O-])([O-])[O-].[O-][Cl+3]([O-])([O-])[O-].[O-][Cl+3]([O-])([O-])[O-].[O-][Cl+3]([O-])([O-])[O-]. The average molecular weight is 1590 g/mol. The van der Waals surface area contributed by atoms with Crippen molar-refractivity contribution in [3.8, 4) is 0 Å². The molecule has 6 aromatic heterocycles. The van der Waals surface area contributed by atoms with E-state index in [2.05, 4.69) is 61.2 Å². The fraction of sp³-hybridized carbons (Fsp3) is 0.500. The molecule has 0 aliphatic rings. The Hall–Kier alpha value is 0.681. The van der Waals surface area contributed by atoms with Gasteiger partial charge < -0.3 is 21.9 Å². The van der Waals surface area contributed by atoms with Gasteiger partial charge in [-0.1, -0.05) is 0 Å². The van der Waals surface area contributed by atoms with Crippen LogP contribution < -0.4 is 74.5 Å². The van der Waals surface area contributed by atoms with Crippen molar-refractivity contribution >= 4 is 68.0 Å². The van der Waals surface area contributed by atoms with E-state index in [0.717, 1.165) is 60.1 Å². The van der Waals surface area contributed by atoms with E-state index in [9.17, 15) is 0 Å². The summed E-state index contributed by atoms with van der Waals surface area (Å²) in [5.41, 5.74) is 0. The summed E-state index contributed by atoms with van der Waals surface area (Å²) < 4.78 is 136. The van der Waals surface area contributed by atoms with E-state index in [1.807, 2.05) is 83.1 Å². The number of aryl methyl sites for hydroxylation is 12. The Bertz CT molecular complexity index is 1540. The summed E-state index contributed by atoms with van der Waals surface area (Å²) in [5, 5.41) is 57.9. The molecule has 0 saturated heterocycles. The van der Waals surface area contributed by atoms with Crippen molar-refractivity contribution in [3.05, 3.63) is 60.1 Å². The predicted octanol–water partition coefficient (Wildman–Crippen LogP) is -15.4. The van der Waals surface area contributed by atoms with Crippen LogP contribution in [-0.2, 0) is 89.5 Å². The summed E-state index contributed by atoms with van der Waals surface area (Å²) in [6, 6.07) is 0. The zero-order valence-corrected chi connectivity index (χ0v) is 50.9. The van der Waals surface area contributed by atoms with E-state index in [4.69, 9.17) is 74.5 Å². The zero-order chi connectivity index (χ0) is 49.7. The molecule has 32 nitrogen and oxygen atoms in total. The van der Waals surface area contributed by atoms with Crippen LogP contribution in [0.15, 0.2) is 0 Å². The second-order valence-corrected chi connectivity index (χ2v) is 20.9. The maximum absolute atomic E-state index is 8.49. The number of aromatic nitrogens is 12. The van der Waals surface area contributed by atoms with Crippen LogP contribution in [0.4, 0.5) is 0 Å². The number of nitrogens with zero attached hydrogens (tertiary/aromatic N) is 12. The molecule has 428 valence electrons. The maximum Gasteiger partial charge on any atom is 1.00 e. The zero-order valence-electron chi connectivity index (χ0n) is 37.1. The summed E-state index contributed by atoms with van der Waals surface area (Å²) in [6.07, 6.45) is 0. The molecule has 8 N–H and O–H groups in total. The number of hydrogen-bond acceptors (Lipinski definition) is 34. The van der Waals surface area contributed by atoms with Gasteiger partial charge in [-0.05, 0) is 83.1 Å². The van der Waals surface area contributed by atoms with Gasteiger partial charge in [0, 0.05) is 0 Å². The van der Waals surface area contributed by atoms with Gasteiger partial charge in [0.2, 0.25) is 0 Å². The third-order valence-electron chi connectivity index (χ3n) is 3.76. The first-order chi connectivity index (χ1) is 27.7. The Morgan fingerprint density at radius 3 is 0.257 bits per heavy atom. The number of hydrogen-bond donors (Lipinski definition) is 0. The molecule has 0 amide bonds. The Kier molecular flexibility index (Phi) is 75.6. The molecule has 0 aromatic carbocycles. The van der Waals surface area contributed by atoms with Crippen LogP contribution in [0.25, 0.3) is 0 Å². The molecule has 0 saturated carbocycles. The van der Waals surface area contributed by atoms with Gasteiger partial charge in [-0.25, -0.2) is 74.5 Å². The first-order valence-corrected chi connectivity index (χ1v) is 24.6. The molecule has 6 rings (SSSR count). The summed E-state index contributed by atoms with van der Waals surface area (Å²) in [4.78, 5) is 0. The standard InChI is InChI=1S/6C4H6N2S.4Ag.4ClHO4.4H2O/c6*1-3-5-6-4(2)7-3;;;;;4*2-1(3,4)5;;;;/h6*1-2H3;;;;;4*(H,2,3,4,5);4*1H2/q;;;;;;4*+1;;;;;;;;/p-4. The second-order valence-electron chi connectivity index (χ2n) is 9.55. The van der Waals surface area contributed by atoms with Gasteiger partial charge in [-0.15, -0.1) is 170 Å². The Morgan fingerprint density at radius 2 is 0.243 bits per heavy atom. The van der Waals surface area contributed by atoms with Crippen LogP contribution in [0.5, 0.6) is 0 Å². The van der Waals surface area contributed by atoms with Crippen LogP contribution in [0, 0.1) is 124 Å². The molecule has 0 fully saturated rings. The fourth-order valence-electron chi connectivity index (χ4n) is 2.37. The molecule has 0 unspecified atom stereocenters. The summed E-state index contributed by atoms with van der Waals surface area (Å²) in [7, 11) is -19.8. The molecule has 0 aliphatic heterocycles. The minimum atomic E-state index is -4.94. The molecule has 0 spiro atoms. The molecule has 6 aromatic rings. The summed E-state index contributed by atoms with van der Waals surface area (Å²) in [5.74, 6) is 0. The molecular weight excluding hydrogens is 1540 g/mol. The van der Waals surface area contributed by atoms with Crippen molar-refractivity contribution in [1.82, 2.24) is 61.2 Å². The normalized spacial score (nSPS) is 9.09. The second kappa shape index (κ2) is 53.1.